The second-order valence-corrected chi connectivity index (χ2v) is 8.09. The Morgan fingerprint density at radius 3 is 2.76 bits per heavy atom. The van der Waals surface area contributed by atoms with Crippen LogP contribution in [0.15, 0.2) is 40.7 Å². The first-order valence-electron chi connectivity index (χ1n) is 10.9. The largest absolute Gasteiger partial charge is 0.390 e. The van der Waals surface area contributed by atoms with Crippen molar-refractivity contribution < 1.29 is 9.84 Å². The maximum absolute atomic E-state index is 11.3. The number of rotatable bonds is 10. The first kappa shape index (κ1) is 22.9. The highest BCUT2D eigenvalue weighted by atomic mass is 16.5. The Labute approximate surface area is 190 Å². The van der Waals surface area contributed by atoms with Gasteiger partial charge in [-0.15, -0.1) is 4.91 Å². The molecular formula is C22H27N7O4. The van der Waals surface area contributed by atoms with Crippen LogP contribution in [0.5, 0.6) is 0 Å². The fourth-order valence-corrected chi connectivity index (χ4v) is 3.94. The van der Waals surface area contributed by atoms with Crippen LogP contribution in [-0.4, -0.2) is 70.0 Å². The summed E-state index contributed by atoms with van der Waals surface area (Å²) in [6.45, 7) is 5.90. The Bertz CT molecular complexity index is 1130. The van der Waals surface area contributed by atoms with Gasteiger partial charge in [0.1, 0.15) is 12.2 Å². The number of pyridine rings is 1. The van der Waals surface area contributed by atoms with E-state index in [1.54, 1.807) is 18.2 Å². The van der Waals surface area contributed by atoms with Crippen molar-refractivity contribution in [3.63, 3.8) is 0 Å². The van der Waals surface area contributed by atoms with Crippen LogP contribution in [0.3, 0.4) is 0 Å². The summed E-state index contributed by atoms with van der Waals surface area (Å²) in [4.78, 5) is 33.4. The molecule has 1 atom stereocenters. The number of fused-ring (bicyclic) bond motifs is 1. The van der Waals surface area contributed by atoms with Crippen molar-refractivity contribution in [2.24, 2.45) is 10.4 Å². The summed E-state index contributed by atoms with van der Waals surface area (Å²) in [7, 11) is 0. The van der Waals surface area contributed by atoms with E-state index in [9.17, 15) is 14.9 Å². The smallest absolute Gasteiger partial charge is 0.204 e. The minimum atomic E-state index is -0.601. The molecule has 2 aromatic heterocycles. The van der Waals surface area contributed by atoms with E-state index in [1.165, 1.54) is 0 Å². The molecule has 1 aromatic carbocycles. The zero-order valence-corrected chi connectivity index (χ0v) is 18.5. The number of nitrogens with one attached hydrogen (secondary N) is 1. The van der Waals surface area contributed by atoms with Crippen molar-refractivity contribution in [3.8, 4) is 0 Å². The lowest BCUT2D eigenvalue weighted by molar-refractivity contribution is 0.0171. The number of hydrogen-bond acceptors (Lipinski definition) is 10. The second-order valence-electron chi connectivity index (χ2n) is 8.09. The Morgan fingerprint density at radius 2 is 2.00 bits per heavy atom. The van der Waals surface area contributed by atoms with Crippen LogP contribution in [0.1, 0.15) is 17.0 Å². The number of anilines is 1. The molecule has 1 fully saturated rings. The summed E-state index contributed by atoms with van der Waals surface area (Å²) < 4.78 is 7.23. The van der Waals surface area contributed by atoms with E-state index in [2.05, 4.69) is 30.5 Å². The summed E-state index contributed by atoms with van der Waals surface area (Å²) in [6, 6.07) is 8.86. The average molecular weight is 454 g/mol. The van der Waals surface area contributed by atoms with Crippen molar-refractivity contribution in [2.45, 2.75) is 26.1 Å². The monoisotopic (exact) mass is 453 g/mol. The van der Waals surface area contributed by atoms with Gasteiger partial charge in [-0.2, -0.15) is 4.91 Å². The van der Waals surface area contributed by atoms with Crippen molar-refractivity contribution in [3.05, 3.63) is 57.1 Å². The molecule has 0 saturated carbocycles. The molecule has 1 aliphatic heterocycles. The third-order valence-electron chi connectivity index (χ3n) is 5.62. The van der Waals surface area contributed by atoms with Gasteiger partial charge < -0.3 is 19.7 Å². The van der Waals surface area contributed by atoms with Gasteiger partial charge in [0.05, 0.1) is 42.6 Å². The van der Waals surface area contributed by atoms with Crippen LogP contribution in [0.4, 0.5) is 11.6 Å². The first-order chi connectivity index (χ1) is 16.1. The van der Waals surface area contributed by atoms with E-state index >= 15 is 0 Å². The molecule has 11 heteroatoms. The summed E-state index contributed by atoms with van der Waals surface area (Å²) in [5.74, 6) is 0.530. The Kier molecular flexibility index (Phi) is 7.33. The number of nitrogens with zero attached hydrogens (tertiary/aromatic N) is 6. The van der Waals surface area contributed by atoms with Crippen LogP contribution in [0.25, 0.3) is 11.0 Å². The topological polar surface area (TPSA) is 134 Å². The average Bonchev–Trinajstić information content (AvgIpc) is 3.15. The predicted molar refractivity (Wildman–Crippen MR) is 125 cm³/mol. The Hall–Kier alpha value is -3.28. The fraction of sp³-hybridized carbons (Fsp3) is 0.455. The molecule has 3 aromatic rings. The maximum Gasteiger partial charge on any atom is 0.204 e. The number of β-amino-alcohol motifs (C(OH)–C–C–N with tert-alkyl or cyclic N) is 1. The van der Waals surface area contributed by atoms with Crippen molar-refractivity contribution in [2.75, 3.05) is 44.7 Å². The maximum atomic E-state index is 11.3. The lowest BCUT2D eigenvalue weighted by Crippen LogP contribution is -2.42. The lowest BCUT2D eigenvalue weighted by atomic mass is 10.2. The SMILES string of the molecule is Cc1ccc(N=O)c(Cn2c(NCC(O)CN3CCOCC3)nc3ccc(CN=O)cc32)n1. The van der Waals surface area contributed by atoms with E-state index in [4.69, 9.17) is 4.74 Å². The minimum absolute atomic E-state index is 0.0476. The molecule has 1 saturated heterocycles. The van der Waals surface area contributed by atoms with E-state index < -0.39 is 6.10 Å². The van der Waals surface area contributed by atoms with Gasteiger partial charge in [0.2, 0.25) is 5.95 Å². The highest BCUT2D eigenvalue weighted by molar-refractivity contribution is 5.79. The molecule has 0 amide bonds. The van der Waals surface area contributed by atoms with Gasteiger partial charge in [-0.1, -0.05) is 11.2 Å². The van der Waals surface area contributed by atoms with Crippen LogP contribution < -0.4 is 5.32 Å². The molecular weight excluding hydrogens is 426 g/mol. The molecule has 0 radical (unpaired) electrons. The van der Waals surface area contributed by atoms with Crippen LogP contribution in [0, 0.1) is 16.7 Å². The zero-order chi connectivity index (χ0) is 23.2. The number of aryl methyl sites for hydroxylation is 1. The van der Waals surface area contributed by atoms with Crippen LogP contribution >= 0.6 is 0 Å². The van der Waals surface area contributed by atoms with Crippen molar-refractivity contribution in [1.29, 1.82) is 0 Å². The van der Waals surface area contributed by atoms with E-state index in [-0.39, 0.29) is 18.8 Å². The number of aliphatic hydroxyl groups excluding tert-OH is 1. The number of aliphatic hydroxyl groups is 1. The van der Waals surface area contributed by atoms with Gasteiger partial charge in [-0.3, -0.25) is 9.88 Å². The number of aromatic nitrogens is 3. The number of hydrogen-bond donors (Lipinski definition) is 2. The molecule has 174 valence electrons. The van der Waals surface area contributed by atoms with Crippen LogP contribution in [0.2, 0.25) is 0 Å². The van der Waals surface area contributed by atoms with Crippen molar-refractivity contribution >= 4 is 22.7 Å². The number of morpholine rings is 1. The van der Waals surface area contributed by atoms with Gasteiger partial charge in [0.15, 0.2) is 0 Å². The molecule has 0 spiro atoms. The Morgan fingerprint density at radius 1 is 1.18 bits per heavy atom. The van der Waals surface area contributed by atoms with E-state index in [1.807, 2.05) is 23.6 Å². The molecule has 11 nitrogen and oxygen atoms in total. The number of imidazole rings is 1. The highest BCUT2D eigenvalue weighted by Crippen LogP contribution is 2.26. The normalized spacial score (nSPS) is 15.5. The quantitative estimate of drug-likeness (QED) is 0.447. The summed E-state index contributed by atoms with van der Waals surface area (Å²) >= 11 is 0. The van der Waals surface area contributed by atoms with E-state index in [0.717, 1.165) is 29.9 Å². The van der Waals surface area contributed by atoms with E-state index in [0.29, 0.717) is 43.5 Å². The first-order valence-corrected chi connectivity index (χ1v) is 10.9. The number of ether oxygens (including phenoxy) is 1. The molecule has 0 bridgehead atoms. The highest BCUT2D eigenvalue weighted by Gasteiger charge is 2.18. The summed E-state index contributed by atoms with van der Waals surface area (Å²) in [6.07, 6.45) is -0.601. The Balaban J connectivity index is 1.61. The molecule has 1 unspecified atom stereocenters. The minimum Gasteiger partial charge on any atom is -0.390 e. The fourth-order valence-electron chi connectivity index (χ4n) is 3.94. The number of benzene rings is 1. The third kappa shape index (κ3) is 5.56. The predicted octanol–water partition coefficient (Wildman–Crippen LogP) is 2.56. The number of nitroso groups, excluding NO2 is 2. The van der Waals surface area contributed by atoms with Crippen molar-refractivity contribution in [1.82, 2.24) is 19.4 Å². The second kappa shape index (κ2) is 10.6. The zero-order valence-electron chi connectivity index (χ0n) is 18.5. The van der Waals surface area contributed by atoms with Gasteiger partial charge in [-0.05, 0) is 41.9 Å². The third-order valence-corrected chi connectivity index (χ3v) is 5.62. The molecule has 0 aliphatic carbocycles. The van der Waals surface area contributed by atoms with Gasteiger partial charge in [0.25, 0.3) is 0 Å². The molecule has 1 aliphatic rings. The summed E-state index contributed by atoms with van der Waals surface area (Å²) in [5, 5.41) is 19.9. The van der Waals surface area contributed by atoms with Crippen LogP contribution in [-0.2, 0) is 17.8 Å². The molecule has 33 heavy (non-hydrogen) atoms. The molecule has 2 N–H and O–H groups in total. The lowest BCUT2D eigenvalue weighted by Gasteiger charge is -2.28. The summed E-state index contributed by atoms with van der Waals surface area (Å²) in [5.41, 5.74) is 3.77. The molecule has 4 rings (SSSR count). The molecule has 3 heterocycles. The van der Waals surface area contributed by atoms with Gasteiger partial charge in [-0.25, -0.2) is 4.98 Å². The van der Waals surface area contributed by atoms with Gasteiger partial charge >= 0.3 is 0 Å². The van der Waals surface area contributed by atoms with Gasteiger partial charge in [0, 0.05) is 31.9 Å². The standard InChI is InChI=1S/C22H27N7O4/c1-15-2-4-18(27-32)20(25-15)14-29-21-10-16(11-24-31)3-5-19(21)26-22(29)23-12-17(30)13-28-6-8-33-9-7-28/h2-5,10,17,30H,6-9,11-14H2,1H3,(H,23,26).